The summed E-state index contributed by atoms with van der Waals surface area (Å²) in [6.07, 6.45) is 0.735. The fourth-order valence-corrected chi connectivity index (χ4v) is 2.87. The van der Waals surface area contributed by atoms with E-state index < -0.39 is 0 Å². The molecule has 1 aromatic carbocycles. The standard InChI is InChI=1S/C12H12ClN3O2S/c1-7(2)16-11(18)14-15-12(16)19-10-4-3-8(6-17)5-9(10)13/h3-7H,1-2H3,(H,14,18). The summed E-state index contributed by atoms with van der Waals surface area (Å²) >= 11 is 7.37. The molecule has 0 saturated heterocycles. The van der Waals surface area contributed by atoms with Gasteiger partial charge >= 0.3 is 5.69 Å². The van der Waals surface area contributed by atoms with E-state index >= 15 is 0 Å². The fraction of sp³-hybridized carbons (Fsp3) is 0.250. The first kappa shape index (κ1) is 13.9. The van der Waals surface area contributed by atoms with Crippen LogP contribution in [0.4, 0.5) is 0 Å². The number of rotatable bonds is 4. The van der Waals surface area contributed by atoms with Gasteiger partial charge in [-0.1, -0.05) is 17.7 Å². The molecule has 100 valence electrons. The van der Waals surface area contributed by atoms with Gasteiger partial charge in [-0.25, -0.2) is 9.89 Å². The second kappa shape index (κ2) is 5.63. The molecule has 0 saturated carbocycles. The molecule has 0 aliphatic heterocycles. The predicted octanol–water partition coefficient (Wildman–Crippen LogP) is 2.77. The molecular weight excluding hydrogens is 286 g/mol. The highest BCUT2D eigenvalue weighted by molar-refractivity contribution is 7.99. The maximum atomic E-state index is 11.6. The first-order valence-electron chi connectivity index (χ1n) is 5.62. The van der Waals surface area contributed by atoms with Crippen LogP contribution in [0.25, 0.3) is 0 Å². The van der Waals surface area contributed by atoms with Gasteiger partial charge in [-0.15, -0.1) is 5.10 Å². The lowest BCUT2D eigenvalue weighted by molar-refractivity contribution is 0.112. The number of nitrogens with zero attached hydrogens (tertiary/aromatic N) is 2. The van der Waals surface area contributed by atoms with Crippen LogP contribution in [0.1, 0.15) is 30.2 Å². The molecule has 0 bridgehead atoms. The highest BCUT2D eigenvalue weighted by atomic mass is 35.5. The van der Waals surface area contributed by atoms with E-state index in [1.165, 1.54) is 11.8 Å². The van der Waals surface area contributed by atoms with Crippen molar-refractivity contribution in [3.8, 4) is 0 Å². The van der Waals surface area contributed by atoms with Crippen LogP contribution in [-0.4, -0.2) is 21.1 Å². The SMILES string of the molecule is CC(C)n1c(Sc2ccc(C=O)cc2Cl)n[nH]c1=O. The molecule has 1 N–H and O–H groups in total. The van der Waals surface area contributed by atoms with Gasteiger partial charge in [0, 0.05) is 16.5 Å². The van der Waals surface area contributed by atoms with Crippen molar-refractivity contribution in [2.24, 2.45) is 0 Å². The van der Waals surface area contributed by atoms with Crippen LogP contribution in [0.5, 0.6) is 0 Å². The summed E-state index contributed by atoms with van der Waals surface area (Å²) in [7, 11) is 0. The summed E-state index contributed by atoms with van der Waals surface area (Å²) in [5.41, 5.74) is 0.260. The molecule has 0 unspecified atom stereocenters. The Morgan fingerprint density at radius 2 is 2.21 bits per heavy atom. The fourth-order valence-electron chi connectivity index (χ4n) is 1.59. The Balaban J connectivity index is 2.36. The van der Waals surface area contributed by atoms with E-state index in [2.05, 4.69) is 10.2 Å². The molecule has 0 fully saturated rings. The van der Waals surface area contributed by atoms with Crippen molar-refractivity contribution in [3.05, 3.63) is 39.3 Å². The molecule has 0 spiro atoms. The van der Waals surface area contributed by atoms with E-state index in [1.54, 1.807) is 22.8 Å². The molecule has 0 aliphatic carbocycles. The average molecular weight is 298 g/mol. The Morgan fingerprint density at radius 3 is 2.79 bits per heavy atom. The molecule has 0 atom stereocenters. The van der Waals surface area contributed by atoms with Gasteiger partial charge in [0.15, 0.2) is 5.16 Å². The van der Waals surface area contributed by atoms with E-state index in [0.717, 1.165) is 11.2 Å². The van der Waals surface area contributed by atoms with E-state index in [1.807, 2.05) is 13.8 Å². The minimum Gasteiger partial charge on any atom is -0.298 e. The van der Waals surface area contributed by atoms with Crippen LogP contribution >= 0.6 is 23.4 Å². The second-order valence-corrected chi connectivity index (χ2v) is 5.60. The Morgan fingerprint density at radius 1 is 1.47 bits per heavy atom. The van der Waals surface area contributed by atoms with Gasteiger partial charge in [0.25, 0.3) is 0 Å². The summed E-state index contributed by atoms with van der Waals surface area (Å²) in [6.45, 7) is 3.80. The predicted molar refractivity (Wildman–Crippen MR) is 74.2 cm³/mol. The number of aromatic amines is 1. The number of hydrogen-bond acceptors (Lipinski definition) is 4. The molecule has 0 radical (unpaired) electrons. The second-order valence-electron chi connectivity index (χ2n) is 4.18. The number of hydrogen-bond donors (Lipinski definition) is 1. The van der Waals surface area contributed by atoms with Crippen LogP contribution in [0, 0.1) is 0 Å². The van der Waals surface area contributed by atoms with Crippen molar-refractivity contribution >= 4 is 29.6 Å². The Bertz CT molecular complexity index is 663. The summed E-state index contributed by atoms with van der Waals surface area (Å²) in [5.74, 6) is 0. The number of benzene rings is 1. The van der Waals surface area contributed by atoms with E-state index in [4.69, 9.17) is 11.6 Å². The third kappa shape index (κ3) is 2.90. The van der Waals surface area contributed by atoms with Crippen molar-refractivity contribution in [3.63, 3.8) is 0 Å². The average Bonchev–Trinajstić information content (AvgIpc) is 2.73. The van der Waals surface area contributed by atoms with Crippen molar-refractivity contribution in [1.29, 1.82) is 0 Å². The third-order valence-electron chi connectivity index (χ3n) is 2.48. The molecule has 2 rings (SSSR count). The van der Waals surface area contributed by atoms with Gasteiger partial charge in [-0.05, 0) is 37.7 Å². The normalized spacial score (nSPS) is 10.9. The van der Waals surface area contributed by atoms with Gasteiger partial charge in [0.05, 0.1) is 5.02 Å². The number of halogens is 1. The Kier molecular flexibility index (Phi) is 4.11. The molecular formula is C12H12ClN3O2S. The molecule has 5 nitrogen and oxygen atoms in total. The maximum Gasteiger partial charge on any atom is 0.344 e. The highest BCUT2D eigenvalue weighted by Crippen LogP contribution is 2.32. The van der Waals surface area contributed by atoms with E-state index in [9.17, 15) is 9.59 Å². The third-order valence-corrected chi connectivity index (χ3v) is 3.95. The lowest BCUT2D eigenvalue weighted by Crippen LogP contribution is -2.19. The Hall–Kier alpha value is -1.53. The lowest BCUT2D eigenvalue weighted by atomic mass is 10.2. The van der Waals surface area contributed by atoms with Gasteiger partial charge < -0.3 is 0 Å². The minimum atomic E-state index is -0.252. The number of aldehydes is 1. The van der Waals surface area contributed by atoms with Crippen LogP contribution in [0.2, 0.25) is 5.02 Å². The van der Waals surface area contributed by atoms with Gasteiger partial charge in [-0.2, -0.15) is 0 Å². The van der Waals surface area contributed by atoms with Crippen molar-refractivity contribution in [2.45, 2.75) is 29.9 Å². The van der Waals surface area contributed by atoms with Crippen LogP contribution < -0.4 is 5.69 Å². The highest BCUT2D eigenvalue weighted by Gasteiger charge is 2.14. The maximum absolute atomic E-state index is 11.6. The number of nitrogens with one attached hydrogen (secondary N) is 1. The molecule has 2 aromatic rings. The molecule has 7 heteroatoms. The number of carbonyl (C=O) groups is 1. The number of carbonyl (C=O) groups excluding carboxylic acids is 1. The lowest BCUT2D eigenvalue weighted by Gasteiger charge is -2.09. The van der Waals surface area contributed by atoms with Crippen molar-refractivity contribution in [1.82, 2.24) is 14.8 Å². The molecule has 1 aromatic heterocycles. The van der Waals surface area contributed by atoms with Gasteiger partial charge in [0.2, 0.25) is 0 Å². The molecule has 19 heavy (non-hydrogen) atoms. The zero-order valence-electron chi connectivity index (χ0n) is 10.4. The summed E-state index contributed by atoms with van der Waals surface area (Å²) in [4.78, 5) is 23.0. The number of aromatic nitrogens is 3. The number of H-pyrrole nitrogens is 1. The van der Waals surface area contributed by atoms with Crippen LogP contribution in [0.3, 0.4) is 0 Å². The zero-order chi connectivity index (χ0) is 14.0. The summed E-state index contributed by atoms with van der Waals surface area (Å²) in [6, 6.07) is 5.00. The summed E-state index contributed by atoms with van der Waals surface area (Å²) in [5, 5.41) is 7.40. The van der Waals surface area contributed by atoms with Crippen molar-refractivity contribution in [2.75, 3.05) is 0 Å². The zero-order valence-corrected chi connectivity index (χ0v) is 12.0. The summed E-state index contributed by atoms with van der Waals surface area (Å²) < 4.78 is 1.55. The first-order valence-corrected chi connectivity index (χ1v) is 6.82. The van der Waals surface area contributed by atoms with Gasteiger partial charge in [0.1, 0.15) is 6.29 Å². The topological polar surface area (TPSA) is 67.8 Å². The van der Waals surface area contributed by atoms with Crippen molar-refractivity contribution < 1.29 is 4.79 Å². The monoisotopic (exact) mass is 297 g/mol. The van der Waals surface area contributed by atoms with E-state index in [0.29, 0.717) is 15.7 Å². The smallest absolute Gasteiger partial charge is 0.298 e. The van der Waals surface area contributed by atoms with Crippen LogP contribution in [0.15, 0.2) is 33.0 Å². The molecule has 0 aliphatic rings. The first-order chi connectivity index (χ1) is 9.02. The van der Waals surface area contributed by atoms with Crippen LogP contribution in [-0.2, 0) is 0 Å². The van der Waals surface area contributed by atoms with Gasteiger partial charge in [-0.3, -0.25) is 9.36 Å². The quantitative estimate of drug-likeness (QED) is 0.881. The Labute approximate surface area is 119 Å². The largest absolute Gasteiger partial charge is 0.344 e. The van der Waals surface area contributed by atoms with E-state index in [-0.39, 0.29) is 11.7 Å². The minimum absolute atomic E-state index is 0.00164. The molecule has 1 heterocycles. The molecule has 0 amide bonds.